The molecule has 0 saturated carbocycles. The summed E-state index contributed by atoms with van der Waals surface area (Å²) in [6.45, 7) is 4.45. The van der Waals surface area contributed by atoms with Crippen LogP contribution in [0.3, 0.4) is 0 Å². The molecular formula is C12H21N3O2. The third-order valence-corrected chi connectivity index (χ3v) is 2.12. The van der Waals surface area contributed by atoms with Crippen LogP contribution in [0.5, 0.6) is 0 Å². The molecule has 0 rings (SSSR count). The molecule has 96 valence electrons. The normalized spacial score (nSPS) is 11.7. The molecule has 0 fully saturated rings. The molecule has 0 aromatic rings. The summed E-state index contributed by atoms with van der Waals surface area (Å²) < 4.78 is 0. The smallest absolute Gasteiger partial charge is 0.242 e. The van der Waals surface area contributed by atoms with Crippen molar-refractivity contribution in [3.63, 3.8) is 0 Å². The van der Waals surface area contributed by atoms with E-state index in [1.807, 2.05) is 13.8 Å². The van der Waals surface area contributed by atoms with Crippen molar-refractivity contribution in [1.29, 1.82) is 0 Å². The minimum Gasteiger partial charge on any atom is -0.357 e. The van der Waals surface area contributed by atoms with Crippen molar-refractivity contribution in [3.05, 3.63) is 0 Å². The van der Waals surface area contributed by atoms with E-state index in [-0.39, 0.29) is 18.4 Å². The molecule has 0 saturated heterocycles. The van der Waals surface area contributed by atoms with Gasteiger partial charge in [0.05, 0.1) is 13.1 Å². The van der Waals surface area contributed by atoms with E-state index in [2.05, 4.69) is 21.9 Å². The van der Waals surface area contributed by atoms with E-state index in [0.717, 1.165) is 0 Å². The first kappa shape index (κ1) is 15.5. The number of nitrogens with one attached hydrogen (secondary N) is 3. The number of hydrogen-bond acceptors (Lipinski definition) is 3. The van der Waals surface area contributed by atoms with Gasteiger partial charge in [-0.15, -0.1) is 6.42 Å². The molecule has 0 bridgehead atoms. The lowest BCUT2D eigenvalue weighted by molar-refractivity contribution is -0.128. The molecule has 0 aliphatic carbocycles. The Bertz CT molecular complexity index is 295. The monoisotopic (exact) mass is 239 g/mol. The van der Waals surface area contributed by atoms with Crippen LogP contribution in [0, 0.1) is 18.3 Å². The Hall–Kier alpha value is -1.54. The summed E-state index contributed by atoms with van der Waals surface area (Å²) in [5, 5.41) is 7.98. The molecule has 0 aliphatic heterocycles. The minimum absolute atomic E-state index is 0.121. The highest BCUT2D eigenvalue weighted by Crippen LogP contribution is 2.04. The first-order chi connectivity index (χ1) is 8.01. The Labute approximate surface area is 103 Å². The van der Waals surface area contributed by atoms with Gasteiger partial charge in [0, 0.05) is 7.05 Å². The Morgan fingerprint density at radius 1 is 1.35 bits per heavy atom. The number of amides is 2. The maximum absolute atomic E-state index is 11.5. The van der Waals surface area contributed by atoms with Crippen molar-refractivity contribution in [1.82, 2.24) is 16.0 Å². The molecule has 0 spiro atoms. The second-order valence-electron chi connectivity index (χ2n) is 4.17. The van der Waals surface area contributed by atoms with Crippen LogP contribution in [0.1, 0.15) is 20.3 Å². The molecule has 0 aliphatic rings. The molecule has 0 aromatic heterocycles. The molecular weight excluding hydrogens is 218 g/mol. The minimum atomic E-state index is -0.486. The van der Waals surface area contributed by atoms with Crippen LogP contribution in [-0.2, 0) is 9.59 Å². The summed E-state index contributed by atoms with van der Waals surface area (Å²) in [5.74, 6) is 2.30. The van der Waals surface area contributed by atoms with Crippen molar-refractivity contribution in [2.45, 2.75) is 26.3 Å². The lowest BCUT2D eigenvalue weighted by Crippen LogP contribution is -2.48. The van der Waals surface area contributed by atoms with Crippen LogP contribution in [0.4, 0.5) is 0 Å². The Morgan fingerprint density at radius 3 is 2.47 bits per heavy atom. The fraction of sp³-hybridized carbons (Fsp3) is 0.667. The number of terminal acetylenes is 1. The average Bonchev–Trinajstić information content (AvgIpc) is 2.27. The van der Waals surface area contributed by atoms with Crippen molar-refractivity contribution < 1.29 is 9.59 Å². The Kier molecular flexibility index (Phi) is 7.82. The van der Waals surface area contributed by atoms with Gasteiger partial charge < -0.3 is 10.6 Å². The van der Waals surface area contributed by atoms with Gasteiger partial charge in [-0.3, -0.25) is 14.9 Å². The number of likely N-dealkylation sites (N-methyl/N-ethyl adjacent to an activating group) is 1. The zero-order chi connectivity index (χ0) is 13.3. The van der Waals surface area contributed by atoms with Crippen LogP contribution in [0.15, 0.2) is 0 Å². The summed E-state index contributed by atoms with van der Waals surface area (Å²) in [4.78, 5) is 23.0. The lowest BCUT2D eigenvalue weighted by Gasteiger charge is -2.19. The van der Waals surface area contributed by atoms with Gasteiger partial charge in [0.15, 0.2) is 0 Å². The van der Waals surface area contributed by atoms with Crippen molar-refractivity contribution in [3.8, 4) is 12.3 Å². The number of carbonyl (C=O) groups is 2. The molecule has 5 nitrogen and oxygen atoms in total. The molecule has 0 radical (unpaired) electrons. The van der Waals surface area contributed by atoms with E-state index in [0.29, 0.717) is 18.9 Å². The summed E-state index contributed by atoms with van der Waals surface area (Å²) in [6, 6.07) is -0.486. The highest BCUT2D eigenvalue weighted by molar-refractivity contribution is 5.88. The van der Waals surface area contributed by atoms with Gasteiger partial charge in [0.2, 0.25) is 11.8 Å². The molecule has 17 heavy (non-hydrogen) atoms. The van der Waals surface area contributed by atoms with Gasteiger partial charge in [0.25, 0.3) is 0 Å². The molecule has 1 unspecified atom stereocenters. The van der Waals surface area contributed by atoms with Crippen molar-refractivity contribution in [2.75, 3.05) is 20.1 Å². The van der Waals surface area contributed by atoms with Crippen LogP contribution < -0.4 is 16.0 Å². The highest BCUT2D eigenvalue weighted by atomic mass is 16.2. The third-order valence-electron chi connectivity index (χ3n) is 2.12. The van der Waals surface area contributed by atoms with Crippen molar-refractivity contribution >= 4 is 11.8 Å². The van der Waals surface area contributed by atoms with E-state index >= 15 is 0 Å². The highest BCUT2D eigenvalue weighted by Gasteiger charge is 2.20. The quantitative estimate of drug-likeness (QED) is 0.414. The largest absolute Gasteiger partial charge is 0.357 e. The third kappa shape index (κ3) is 7.36. The van der Waals surface area contributed by atoms with E-state index in [1.54, 1.807) is 7.05 Å². The van der Waals surface area contributed by atoms with Crippen LogP contribution in [0.2, 0.25) is 0 Å². The van der Waals surface area contributed by atoms with Gasteiger partial charge in [0.1, 0.15) is 6.04 Å². The van der Waals surface area contributed by atoms with Gasteiger partial charge >= 0.3 is 0 Å². The van der Waals surface area contributed by atoms with E-state index in [1.165, 1.54) is 0 Å². The summed E-state index contributed by atoms with van der Waals surface area (Å²) in [6.07, 6.45) is 5.65. The number of hydrogen-bond donors (Lipinski definition) is 3. The molecule has 2 amide bonds. The second-order valence-corrected chi connectivity index (χ2v) is 4.17. The fourth-order valence-corrected chi connectivity index (χ4v) is 1.37. The van der Waals surface area contributed by atoms with Gasteiger partial charge in [-0.05, 0) is 12.3 Å². The number of carbonyl (C=O) groups excluding carboxylic acids is 2. The maximum Gasteiger partial charge on any atom is 0.242 e. The van der Waals surface area contributed by atoms with E-state index < -0.39 is 6.04 Å². The van der Waals surface area contributed by atoms with E-state index in [4.69, 9.17) is 6.42 Å². The van der Waals surface area contributed by atoms with Gasteiger partial charge in [-0.25, -0.2) is 0 Å². The van der Waals surface area contributed by atoms with Gasteiger partial charge in [-0.2, -0.15) is 0 Å². The van der Waals surface area contributed by atoms with Crippen LogP contribution >= 0.6 is 0 Å². The first-order valence-corrected chi connectivity index (χ1v) is 5.66. The first-order valence-electron chi connectivity index (χ1n) is 5.66. The Balaban J connectivity index is 4.19. The molecule has 5 heteroatoms. The maximum atomic E-state index is 11.5. The summed E-state index contributed by atoms with van der Waals surface area (Å²) >= 11 is 0. The Morgan fingerprint density at radius 2 is 2.00 bits per heavy atom. The molecule has 0 heterocycles. The molecule has 1 atom stereocenters. The van der Waals surface area contributed by atoms with Gasteiger partial charge in [-0.1, -0.05) is 19.8 Å². The molecule has 0 aromatic carbocycles. The zero-order valence-corrected chi connectivity index (χ0v) is 10.7. The number of rotatable bonds is 7. The summed E-state index contributed by atoms with van der Waals surface area (Å²) in [5.41, 5.74) is 0. The fourth-order valence-electron chi connectivity index (χ4n) is 1.37. The van der Waals surface area contributed by atoms with Crippen LogP contribution in [-0.4, -0.2) is 38.0 Å². The predicted molar refractivity (Wildman–Crippen MR) is 67.2 cm³/mol. The van der Waals surface area contributed by atoms with Crippen LogP contribution in [0.25, 0.3) is 0 Å². The average molecular weight is 239 g/mol. The lowest BCUT2D eigenvalue weighted by atomic mass is 10.0. The zero-order valence-electron chi connectivity index (χ0n) is 10.7. The van der Waals surface area contributed by atoms with Crippen molar-refractivity contribution in [2.24, 2.45) is 5.92 Å². The topological polar surface area (TPSA) is 70.2 Å². The van der Waals surface area contributed by atoms with E-state index in [9.17, 15) is 9.59 Å². The molecule has 3 N–H and O–H groups in total. The second kappa shape index (κ2) is 8.59. The SMILES string of the molecule is C#CCNCC(=O)NC(CC(C)C)C(=O)NC. The predicted octanol–water partition coefficient (Wildman–Crippen LogP) is -0.514. The summed E-state index contributed by atoms with van der Waals surface area (Å²) in [7, 11) is 1.55. The standard InChI is InChI=1S/C12H21N3O2/c1-5-6-14-8-11(16)15-10(7-9(2)3)12(17)13-4/h1,9-10,14H,6-8H2,2-4H3,(H,13,17)(H,15,16).